The van der Waals surface area contributed by atoms with Gasteiger partial charge in [-0.25, -0.2) is 4.79 Å². The number of rotatable bonds is 10. The van der Waals surface area contributed by atoms with Gasteiger partial charge in [-0.3, -0.25) is 0 Å². The minimum atomic E-state index is -1.87. The van der Waals surface area contributed by atoms with E-state index in [1.54, 1.807) is 0 Å². The highest BCUT2D eigenvalue weighted by Gasteiger charge is 2.34. The lowest BCUT2D eigenvalue weighted by molar-refractivity contribution is 0.0697. The first kappa shape index (κ1) is 25.5. The molecule has 3 aromatic carbocycles. The summed E-state index contributed by atoms with van der Waals surface area (Å²) in [5.41, 5.74) is 2.74. The summed E-state index contributed by atoms with van der Waals surface area (Å²) in [6.07, 6.45) is 10.2. The van der Waals surface area contributed by atoms with E-state index >= 15 is 0 Å². The number of unbranched alkanes of at least 4 members (excludes halogenated alkanes) is 6. The van der Waals surface area contributed by atoms with Crippen LogP contribution in [0.25, 0.3) is 10.8 Å². The second-order valence-corrected chi connectivity index (χ2v) is 11.4. The third-order valence-electron chi connectivity index (χ3n) is 6.49. The summed E-state index contributed by atoms with van der Waals surface area (Å²) < 4.78 is 17.8. The summed E-state index contributed by atoms with van der Waals surface area (Å²) in [4.78, 5) is 12.7. The number of carbonyl (C=O) groups is 1. The van der Waals surface area contributed by atoms with Crippen molar-refractivity contribution in [2.45, 2.75) is 84.5 Å². The summed E-state index contributed by atoms with van der Waals surface area (Å²) in [5, 5.41) is 1.99. The highest BCUT2D eigenvalue weighted by Crippen LogP contribution is 2.50. The maximum absolute atomic E-state index is 12.7. The Morgan fingerprint density at radius 1 is 0.829 bits per heavy atom. The minimum absolute atomic E-state index is 0.116. The topological polar surface area (TPSA) is 44.8 Å². The van der Waals surface area contributed by atoms with Gasteiger partial charge < -0.3 is 13.6 Å². The molecule has 0 aliphatic carbocycles. The van der Waals surface area contributed by atoms with E-state index in [0.29, 0.717) is 17.1 Å². The summed E-state index contributed by atoms with van der Waals surface area (Å²) in [7, 11) is -1.87. The van der Waals surface area contributed by atoms with Crippen molar-refractivity contribution < 1.29 is 18.4 Å². The quantitative estimate of drug-likeness (QED) is 0.209. The van der Waals surface area contributed by atoms with Gasteiger partial charge >= 0.3 is 14.6 Å². The molecule has 1 atom stereocenters. The molecule has 0 saturated carbocycles. The van der Waals surface area contributed by atoms with E-state index in [0.717, 1.165) is 22.8 Å². The molecule has 0 amide bonds. The van der Waals surface area contributed by atoms with Gasteiger partial charge in [0.2, 0.25) is 0 Å². The van der Waals surface area contributed by atoms with Crippen molar-refractivity contribution in [1.29, 1.82) is 0 Å². The van der Waals surface area contributed by atoms with E-state index in [1.165, 1.54) is 50.5 Å². The van der Waals surface area contributed by atoms with Gasteiger partial charge in [-0.05, 0) is 52.8 Å². The van der Waals surface area contributed by atoms with Crippen LogP contribution in [-0.4, -0.2) is 5.97 Å². The van der Waals surface area contributed by atoms with Gasteiger partial charge in [0.1, 0.15) is 17.1 Å². The Bertz CT molecular complexity index is 1160. The normalized spacial score (nSPS) is 15.4. The van der Waals surface area contributed by atoms with Gasteiger partial charge in [-0.1, -0.05) is 103 Å². The van der Waals surface area contributed by atoms with E-state index in [4.69, 9.17) is 13.6 Å². The monoisotopic (exact) mass is 492 g/mol. The van der Waals surface area contributed by atoms with Crippen LogP contribution in [-0.2, 0) is 16.4 Å². The first-order chi connectivity index (χ1) is 16.8. The van der Waals surface area contributed by atoms with Crippen molar-refractivity contribution in [3.8, 4) is 11.5 Å². The molecule has 0 N–H and O–H groups in total. The average Bonchev–Trinajstić information content (AvgIpc) is 2.82. The Balaban J connectivity index is 1.45. The van der Waals surface area contributed by atoms with E-state index in [1.807, 2.05) is 42.5 Å². The molecule has 1 aliphatic heterocycles. The van der Waals surface area contributed by atoms with Crippen LogP contribution in [0, 0.1) is 0 Å². The van der Waals surface area contributed by atoms with Crippen molar-refractivity contribution in [2.75, 3.05) is 0 Å². The fourth-order valence-electron chi connectivity index (χ4n) is 4.47. The summed E-state index contributed by atoms with van der Waals surface area (Å²) in [5.74, 6) is 0.818. The van der Waals surface area contributed by atoms with Crippen LogP contribution in [0.15, 0.2) is 54.6 Å². The van der Waals surface area contributed by atoms with Crippen molar-refractivity contribution in [3.05, 3.63) is 71.3 Å². The number of fused-ring (bicyclic) bond motifs is 2. The Morgan fingerprint density at radius 3 is 2.23 bits per heavy atom. The Morgan fingerprint density at radius 2 is 1.51 bits per heavy atom. The molecule has 1 unspecified atom stereocenters. The summed E-state index contributed by atoms with van der Waals surface area (Å²) >= 11 is 0. The van der Waals surface area contributed by atoms with Crippen LogP contribution in [0.3, 0.4) is 0 Å². The SMILES string of the molecule is CCCCCCCCCc1ccc(OP2OC(=O)c3cc4ccccc4cc3O2)c(C(C)(C)C)c1. The zero-order valence-corrected chi connectivity index (χ0v) is 22.3. The smallest absolute Gasteiger partial charge is 0.408 e. The van der Waals surface area contributed by atoms with E-state index in [9.17, 15) is 4.79 Å². The highest BCUT2D eigenvalue weighted by atomic mass is 31.2. The predicted molar refractivity (Wildman–Crippen MR) is 144 cm³/mol. The lowest BCUT2D eigenvalue weighted by atomic mass is 9.85. The molecular formula is C30H37O4P. The molecule has 186 valence electrons. The Hall–Kier alpha value is -2.58. The van der Waals surface area contributed by atoms with Crippen LogP contribution in [0.4, 0.5) is 0 Å². The highest BCUT2D eigenvalue weighted by molar-refractivity contribution is 7.43. The fourth-order valence-corrected chi connectivity index (χ4v) is 5.45. The lowest BCUT2D eigenvalue weighted by Crippen LogP contribution is -2.17. The molecule has 0 radical (unpaired) electrons. The largest absolute Gasteiger partial charge is 0.532 e. The van der Waals surface area contributed by atoms with Crippen molar-refractivity contribution in [1.82, 2.24) is 0 Å². The molecule has 1 heterocycles. The van der Waals surface area contributed by atoms with Crippen LogP contribution < -0.4 is 9.05 Å². The van der Waals surface area contributed by atoms with E-state index in [2.05, 4.69) is 39.8 Å². The summed E-state index contributed by atoms with van der Waals surface area (Å²) in [6.45, 7) is 8.78. The van der Waals surface area contributed by atoms with Gasteiger partial charge in [-0.15, -0.1) is 0 Å². The third kappa shape index (κ3) is 6.55. The number of hydrogen-bond acceptors (Lipinski definition) is 4. The second kappa shape index (κ2) is 11.4. The predicted octanol–water partition coefficient (Wildman–Crippen LogP) is 9.29. The van der Waals surface area contributed by atoms with Crippen LogP contribution >= 0.6 is 8.60 Å². The van der Waals surface area contributed by atoms with Crippen molar-refractivity contribution in [2.24, 2.45) is 0 Å². The zero-order valence-electron chi connectivity index (χ0n) is 21.4. The molecule has 1 aliphatic rings. The summed E-state index contributed by atoms with van der Waals surface area (Å²) in [6, 6.07) is 18.0. The van der Waals surface area contributed by atoms with Gasteiger partial charge in [0.15, 0.2) is 0 Å². The van der Waals surface area contributed by atoms with Gasteiger partial charge in [0.25, 0.3) is 0 Å². The standard InChI is InChI=1S/C30H37O4P/c1-5-6-7-8-9-10-11-14-22-17-18-27(26(19-22)30(2,3)4)32-35-33-28-21-24-16-13-12-15-23(24)20-25(28)29(31)34-35/h12-13,15-21H,5-11,14H2,1-4H3. The van der Waals surface area contributed by atoms with Gasteiger partial charge in [-0.2, -0.15) is 0 Å². The van der Waals surface area contributed by atoms with Crippen molar-refractivity contribution >= 4 is 25.3 Å². The van der Waals surface area contributed by atoms with Crippen LogP contribution in [0.1, 0.15) is 94.1 Å². The number of carbonyl (C=O) groups excluding carboxylic acids is 1. The minimum Gasteiger partial charge on any atom is -0.408 e. The Kier molecular flexibility index (Phi) is 8.34. The molecule has 4 rings (SSSR count). The first-order valence-corrected chi connectivity index (χ1v) is 14.0. The molecule has 4 nitrogen and oxygen atoms in total. The average molecular weight is 493 g/mol. The molecule has 3 aromatic rings. The lowest BCUT2D eigenvalue weighted by Gasteiger charge is -2.27. The molecule has 5 heteroatoms. The van der Waals surface area contributed by atoms with Gasteiger partial charge in [0, 0.05) is 5.56 Å². The number of aryl methyl sites for hydroxylation is 1. The number of benzene rings is 3. The molecule has 0 fully saturated rings. The van der Waals surface area contributed by atoms with Gasteiger partial charge in [0.05, 0.1) is 0 Å². The van der Waals surface area contributed by atoms with Crippen molar-refractivity contribution in [3.63, 3.8) is 0 Å². The second-order valence-electron chi connectivity index (χ2n) is 10.4. The zero-order chi connectivity index (χ0) is 24.8. The molecular weight excluding hydrogens is 455 g/mol. The molecule has 35 heavy (non-hydrogen) atoms. The van der Waals surface area contributed by atoms with Crippen LogP contribution in [0.2, 0.25) is 0 Å². The molecule has 0 saturated heterocycles. The maximum Gasteiger partial charge on any atom is 0.532 e. The van der Waals surface area contributed by atoms with E-state index in [-0.39, 0.29) is 5.41 Å². The first-order valence-electron chi connectivity index (χ1n) is 12.9. The van der Waals surface area contributed by atoms with Crippen LogP contribution in [0.5, 0.6) is 11.5 Å². The maximum atomic E-state index is 12.7. The third-order valence-corrected chi connectivity index (χ3v) is 7.50. The number of hydrogen-bond donors (Lipinski definition) is 0. The molecule has 0 spiro atoms. The molecule has 0 bridgehead atoms. The fraction of sp³-hybridized carbons (Fsp3) is 0.433. The molecule has 0 aromatic heterocycles. The van der Waals surface area contributed by atoms with E-state index < -0.39 is 14.6 Å². The Labute approximate surface area is 211 Å².